The molecule has 7 heteroatoms. The van der Waals surface area contributed by atoms with E-state index in [1.165, 1.54) is 18.4 Å². The maximum absolute atomic E-state index is 13.1. The summed E-state index contributed by atoms with van der Waals surface area (Å²) in [7, 11) is 0. The van der Waals surface area contributed by atoms with Crippen molar-refractivity contribution in [2.75, 3.05) is 26.2 Å². The number of aromatic amines is 1. The number of allylic oxidation sites excluding steroid dienone is 3. The lowest BCUT2D eigenvalue weighted by Crippen LogP contribution is -2.65. The Labute approximate surface area is 253 Å². The minimum atomic E-state index is -1.01. The lowest BCUT2D eigenvalue weighted by atomic mass is 9.54. The van der Waals surface area contributed by atoms with Crippen LogP contribution in [0.2, 0.25) is 0 Å². The fraction of sp³-hybridized carbons (Fsp3) is 0.556. The Morgan fingerprint density at radius 3 is 2.77 bits per heavy atom. The first-order valence-corrected chi connectivity index (χ1v) is 16.7. The highest BCUT2D eigenvalue weighted by Crippen LogP contribution is 2.62. The third kappa shape index (κ3) is 4.41. The van der Waals surface area contributed by atoms with E-state index in [1.54, 1.807) is 6.07 Å². The van der Waals surface area contributed by atoms with Gasteiger partial charge < -0.3 is 20.1 Å². The molecule has 3 fully saturated rings. The summed E-state index contributed by atoms with van der Waals surface area (Å²) in [5.74, 6) is 0.898. The number of H-pyrrole nitrogens is 1. The van der Waals surface area contributed by atoms with Crippen molar-refractivity contribution in [2.24, 2.45) is 11.3 Å². The van der Waals surface area contributed by atoms with E-state index in [0.717, 1.165) is 92.2 Å². The fourth-order valence-corrected chi connectivity index (χ4v) is 9.92. The van der Waals surface area contributed by atoms with Crippen molar-refractivity contribution < 1.29 is 15.0 Å². The van der Waals surface area contributed by atoms with Crippen LogP contribution in [0.4, 0.5) is 0 Å². The number of carbonyl (C=O) groups excluding carboxylic acids is 1. The van der Waals surface area contributed by atoms with Gasteiger partial charge in [0.15, 0.2) is 0 Å². The smallest absolute Gasteiger partial charge is 0.139 e. The van der Waals surface area contributed by atoms with Gasteiger partial charge in [0.05, 0.1) is 22.3 Å². The average Bonchev–Trinajstić information content (AvgIpc) is 3.52. The van der Waals surface area contributed by atoms with Crippen molar-refractivity contribution in [2.45, 2.75) is 88.3 Å². The Bertz CT molecular complexity index is 1630. The van der Waals surface area contributed by atoms with Crippen LogP contribution in [0.15, 0.2) is 48.7 Å². The molecular formula is C36H44N4O3. The van der Waals surface area contributed by atoms with E-state index in [2.05, 4.69) is 39.1 Å². The molecule has 43 heavy (non-hydrogen) atoms. The number of fused-ring (bicyclic) bond motifs is 5. The second kappa shape index (κ2) is 10.6. The molecule has 3 saturated heterocycles. The molecule has 0 radical (unpaired) electrons. The van der Waals surface area contributed by atoms with Crippen LogP contribution in [0.1, 0.15) is 76.3 Å². The van der Waals surface area contributed by atoms with E-state index >= 15 is 0 Å². The molecule has 2 aromatic heterocycles. The van der Waals surface area contributed by atoms with Crippen LogP contribution in [0.3, 0.4) is 0 Å². The maximum atomic E-state index is 13.1. The van der Waals surface area contributed by atoms with Crippen LogP contribution >= 0.6 is 0 Å². The summed E-state index contributed by atoms with van der Waals surface area (Å²) < 4.78 is 0. The number of aromatic nitrogens is 2. The molecule has 226 valence electrons. The van der Waals surface area contributed by atoms with Gasteiger partial charge in [-0.2, -0.15) is 0 Å². The van der Waals surface area contributed by atoms with Gasteiger partial charge in [-0.15, -0.1) is 0 Å². The molecule has 6 unspecified atom stereocenters. The van der Waals surface area contributed by atoms with Gasteiger partial charge in [0, 0.05) is 53.9 Å². The van der Waals surface area contributed by atoms with Crippen molar-refractivity contribution in [3.63, 3.8) is 0 Å². The molecule has 0 amide bonds. The molecule has 5 aliphatic rings. The number of Topliss-reactive ketones (excluding diaryl/α,β-unsaturated/α-hetero) is 1. The molecule has 6 atom stereocenters. The highest BCUT2D eigenvalue weighted by atomic mass is 16.3. The maximum Gasteiger partial charge on any atom is 0.139 e. The quantitative estimate of drug-likeness (QED) is 0.308. The molecule has 7 nitrogen and oxygen atoms in total. The number of piperidine rings is 1. The van der Waals surface area contributed by atoms with Crippen molar-refractivity contribution >= 4 is 33.2 Å². The van der Waals surface area contributed by atoms with Crippen LogP contribution < -0.4 is 0 Å². The Balaban J connectivity index is 1.34. The van der Waals surface area contributed by atoms with E-state index in [9.17, 15) is 15.0 Å². The third-order valence-electron chi connectivity index (χ3n) is 11.6. The topological polar surface area (TPSA) is 92.7 Å². The third-order valence-corrected chi connectivity index (χ3v) is 11.6. The number of para-hydroxylation sites is 1. The van der Waals surface area contributed by atoms with Gasteiger partial charge in [0.25, 0.3) is 0 Å². The monoisotopic (exact) mass is 580 g/mol. The van der Waals surface area contributed by atoms with Gasteiger partial charge in [-0.1, -0.05) is 24.3 Å². The van der Waals surface area contributed by atoms with E-state index < -0.39 is 5.60 Å². The number of rotatable bonds is 1. The summed E-state index contributed by atoms with van der Waals surface area (Å²) in [5.41, 5.74) is 2.63. The standard InChI is InChI=1S/C36H44N4O3/c41-25-9-8-19-40-24(12-13-25)21-35-23-39-18-6-4-2-1-3-5-16-36(43,34(35)40)22-28(29(35)15-20-39)32-33-27(14-17-37-32)26-10-7-11-30(42)31(26)38-33/h1,3,7,10-11,14,17,22,24,29,34,38,42-43H,2,4-6,8-9,12-13,15-16,18-21,23H2. The number of phenols is 1. The number of hydrogen-bond acceptors (Lipinski definition) is 6. The number of aliphatic hydroxyl groups is 1. The zero-order valence-electron chi connectivity index (χ0n) is 25.1. The Hall–Kier alpha value is -3.00. The molecule has 6 heterocycles. The molecule has 3 aromatic rings. The van der Waals surface area contributed by atoms with Crippen LogP contribution in [-0.2, 0) is 4.79 Å². The van der Waals surface area contributed by atoms with Crippen molar-refractivity contribution in [3.05, 3.63) is 54.4 Å². The SMILES string of the molecule is O=C1CCCN2C(CC1)CC13CN4CCCCC=CCCC(O)(C=C(c5nccc6c5[nH]c5c(O)cccc56)C1CC4)C23. The fourth-order valence-electron chi connectivity index (χ4n) is 9.92. The number of pyridine rings is 1. The number of nitrogens with one attached hydrogen (secondary N) is 1. The first kappa shape index (κ1) is 27.5. The van der Waals surface area contributed by atoms with Gasteiger partial charge in [0.2, 0.25) is 0 Å². The van der Waals surface area contributed by atoms with Gasteiger partial charge in [-0.3, -0.25) is 14.7 Å². The summed E-state index contributed by atoms with van der Waals surface area (Å²) in [6.45, 7) is 4.02. The van der Waals surface area contributed by atoms with Crippen LogP contribution in [0, 0.1) is 11.3 Å². The number of aromatic hydroxyl groups is 1. The van der Waals surface area contributed by atoms with Crippen molar-refractivity contribution in [3.8, 4) is 5.75 Å². The minimum Gasteiger partial charge on any atom is -0.506 e. The molecule has 0 saturated carbocycles. The van der Waals surface area contributed by atoms with Crippen LogP contribution in [0.25, 0.3) is 27.4 Å². The van der Waals surface area contributed by atoms with Crippen molar-refractivity contribution in [1.82, 2.24) is 19.8 Å². The summed E-state index contributed by atoms with van der Waals surface area (Å²) in [6, 6.07) is 8.04. The average molecular weight is 581 g/mol. The van der Waals surface area contributed by atoms with Gasteiger partial charge in [-0.25, -0.2) is 0 Å². The largest absolute Gasteiger partial charge is 0.506 e. The first-order valence-electron chi connectivity index (χ1n) is 16.7. The number of ketones is 1. The van der Waals surface area contributed by atoms with Gasteiger partial charge in [0.1, 0.15) is 11.5 Å². The lowest BCUT2D eigenvalue weighted by Gasteiger charge is -2.58. The Morgan fingerprint density at radius 2 is 1.84 bits per heavy atom. The molecule has 4 aliphatic heterocycles. The van der Waals surface area contributed by atoms with Gasteiger partial charge >= 0.3 is 0 Å². The van der Waals surface area contributed by atoms with Crippen LogP contribution in [-0.4, -0.2) is 79.6 Å². The van der Waals surface area contributed by atoms with Crippen LogP contribution in [0.5, 0.6) is 5.75 Å². The summed E-state index contributed by atoms with van der Waals surface area (Å²) in [5, 5.41) is 25.8. The minimum absolute atomic E-state index is 0.0230. The zero-order chi connectivity index (χ0) is 29.2. The van der Waals surface area contributed by atoms with E-state index in [-0.39, 0.29) is 23.1 Å². The number of nitrogens with zero attached hydrogens (tertiary/aromatic N) is 3. The molecule has 1 spiro atoms. The van der Waals surface area contributed by atoms with Gasteiger partial charge in [-0.05, 0) is 107 Å². The highest BCUT2D eigenvalue weighted by Gasteiger charge is 2.66. The van der Waals surface area contributed by atoms with E-state index in [4.69, 9.17) is 4.98 Å². The predicted molar refractivity (Wildman–Crippen MR) is 170 cm³/mol. The molecule has 8 rings (SSSR count). The molecular weight excluding hydrogens is 536 g/mol. The highest BCUT2D eigenvalue weighted by molar-refractivity contribution is 6.11. The van der Waals surface area contributed by atoms with Crippen molar-refractivity contribution in [1.29, 1.82) is 0 Å². The lowest BCUT2D eigenvalue weighted by molar-refractivity contribution is -0.120. The first-order chi connectivity index (χ1) is 21.0. The second-order valence-electron chi connectivity index (χ2n) is 14.0. The van der Waals surface area contributed by atoms with E-state index in [1.807, 2.05) is 18.3 Å². The zero-order valence-corrected chi connectivity index (χ0v) is 25.1. The number of benzene rings is 1. The Morgan fingerprint density at radius 1 is 0.953 bits per heavy atom. The van der Waals surface area contributed by atoms with E-state index in [0.29, 0.717) is 31.1 Å². The normalized spacial score (nSPS) is 35.4. The number of phenolic OH excluding ortho intramolecular Hbond substituents is 1. The second-order valence-corrected chi connectivity index (χ2v) is 14.0. The molecule has 1 aromatic carbocycles. The molecule has 3 N–H and O–H groups in total. The Kier molecular flexibility index (Phi) is 6.77. The molecule has 1 aliphatic carbocycles. The molecule has 3 bridgehead atoms. The number of hydrogen-bond donors (Lipinski definition) is 3. The summed E-state index contributed by atoms with van der Waals surface area (Å²) in [6.07, 6.45) is 18.9. The summed E-state index contributed by atoms with van der Waals surface area (Å²) in [4.78, 5) is 26.5. The predicted octanol–water partition coefficient (Wildman–Crippen LogP) is 5.96. The summed E-state index contributed by atoms with van der Waals surface area (Å²) >= 11 is 0. The number of carbonyl (C=O) groups is 1.